The maximum atomic E-state index is 13.0. The van der Waals surface area contributed by atoms with Crippen LogP contribution in [0.15, 0.2) is 47.8 Å². The molecule has 0 aliphatic heterocycles. The molecule has 1 amide bonds. The number of nitrogens with one attached hydrogen (secondary N) is 1. The lowest BCUT2D eigenvalue weighted by Gasteiger charge is -2.09. The van der Waals surface area contributed by atoms with Crippen molar-refractivity contribution < 1.29 is 13.9 Å². The highest BCUT2D eigenvalue weighted by molar-refractivity contribution is 7.99. The molecule has 7 nitrogen and oxygen atoms in total. The number of rotatable bonds is 8. The predicted octanol–water partition coefficient (Wildman–Crippen LogP) is 3.80. The van der Waals surface area contributed by atoms with E-state index in [1.165, 1.54) is 23.9 Å². The maximum absolute atomic E-state index is 13.0. The van der Waals surface area contributed by atoms with Crippen molar-refractivity contribution in [2.75, 3.05) is 11.1 Å². The molecule has 2 aromatic heterocycles. The first kappa shape index (κ1) is 20.1. The van der Waals surface area contributed by atoms with Crippen molar-refractivity contribution in [3.05, 3.63) is 59.4 Å². The van der Waals surface area contributed by atoms with Crippen molar-refractivity contribution in [3.63, 3.8) is 0 Å². The molecule has 0 aliphatic rings. The number of ether oxygens (including phenoxy) is 1. The lowest BCUT2D eigenvalue weighted by molar-refractivity contribution is -0.113. The number of amides is 1. The zero-order valence-corrected chi connectivity index (χ0v) is 16.5. The Kier molecular flexibility index (Phi) is 6.83. The van der Waals surface area contributed by atoms with E-state index in [2.05, 4.69) is 20.5 Å². The van der Waals surface area contributed by atoms with Crippen LogP contribution in [0.5, 0.6) is 5.75 Å². The summed E-state index contributed by atoms with van der Waals surface area (Å²) in [6.45, 7) is 2.75. The third-order valence-corrected chi connectivity index (χ3v) is 4.92. The molecule has 0 unspecified atom stereocenters. The van der Waals surface area contributed by atoms with Crippen molar-refractivity contribution in [1.29, 1.82) is 0 Å². The van der Waals surface area contributed by atoms with E-state index >= 15 is 0 Å². The average Bonchev–Trinajstić information content (AvgIpc) is 3.09. The van der Waals surface area contributed by atoms with Gasteiger partial charge >= 0.3 is 0 Å². The van der Waals surface area contributed by atoms with Gasteiger partial charge in [-0.1, -0.05) is 23.4 Å². The summed E-state index contributed by atoms with van der Waals surface area (Å²) in [5.41, 5.74) is 0.458. The zero-order chi connectivity index (χ0) is 19.9. The van der Waals surface area contributed by atoms with Crippen LogP contribution in [0.3, 0.4) is 0 Å². The molecule has 0 spiro atoms. The second kappa shape index (κ2) is 9.52. The van der Waals surface area contributed by atoms with Crippen LogP contribution in [0.4, 0.5) is 10.1 Å². The Labute approximate surface area is 170 Å². The van der Waals surface area contributed by atoms with Crippen molar-refractivity contribution >= 4 is 35.0 Å². The summed E-state index contributed by atoms with van der Waals surface area (Å²) < 4.78 is 20.4. The summed E-state index contributed by atoms with van der Waals surface area (Å²) in [5, 5.41) is 11.8. The number of carbonyl (C=O) groups is 1. The highest BCUT2D eigenvalue weighted by Gasteiger charge is 2.14. The molecule has 3 rings (SSSR count). The summed E-state index contributed by atoms with van der Waals surface area (Å²) in [4.78, 5) is 16.1. The van der Waals surface area contributed by atoms with E-state index in [1.54, 1.807) is 30.5 Å². The normalized spacial score (nSPS) is 10.7. The minimum absolute atomic E-state index is 0.141. The van der Waals surface area contributed by atoms with Crippen LogP contribution in [0.2, 0.25) is 5.15 Å². The number of anilines is 1. The van der Waals surface area contributed by atoms with Gasteiger partial charge in [-0.2, -0.15) is 0 Å². The summed E-state index contributed by atoms with van der Waals surface area (Å²) in [6, 6.07) is 9.12. The largest absolute Gasteiger partial charge is 0.486 e. The summed E-state index contributed by atoms with van der Waals surface area (Å²) in [7, 11) is 0. The Morgan fingerprint density at radius 2 is 2.07 bits per heavy atom. The number of benzene rings is 1. The maximum Gasteiger partial charge on any atom is 0.234 e. The van der Waals surface area contributed by atoms with Gasteiger partial charge in [-0.3, -0.25) is 4.79 Å². The molecule has 0 bridgehead atoms. The minimum Gasteiger partial charge on any atom is -0.486 e. The lowest BCUT2D eigenvalue weighted by Crippen LogP contribution is -2.15. The van der Waals surface area contributed by atoms with Gasteiger partial charge in [-0.25, -0.2) is 9.37 Å². The Bertz CT molecular complexity index is 951. The quantitative estimate of drug-likeness (QED) is 0.440. The average molecular weight is 422 g/mol. The molecule has 0 aliphatic carbocycles. The van der Waals surface area contributed by atoms with Gasteiger partial charge in [-0.15, -0.1) is 10.2 Å². The first-order valence-corrected chi connectivity index (χ1v) is 9.76. The molecule has 3 aromatic rings. The van der Waals surface area contributed by atoms with Crippen LogP contribution < -0.4 is 10.1 Å². The Morgan fingerprint density at radius 3 is 2.79 bits per heavy atom. The van der Waals surface area contributed by atoms with Crippen molar-refractivity contribution in [2.45, 2.75) is 25.2 Å². The number of aromatic nitrogens is 4. The van der Waals surface area contributed by atoms with E-state index in [4.69, 9.17) is 16.3 Å². The van der Waals surface area contributed by atoms with Crippen molar-refractivity contribution in [2.24, 2.45) is 0 Å². The molecular weight excluding hydrogens is 405 g/mol. The smallest absolute Gasteiger partial charge is 0.234 e. The van der Waals surface area contributed by atoms with E-state index in [9.17, 15) is 9.18 Å². The molecule has 146 valence electrons. The zero-order valence-electron chi connectivity index (χ0n) is 14.9. The fraction of sp³-hybridized carbons (Fsp3) is 0.222. The third kappa shape index (κ3) is 5.20. The molecule has 0 atom stereocenters. The minimum atomic E-state index is -0.325. The summed E-state index contributed by atoms with van der Waals surface area (Å²) >= 11 is 7.19. The van der Waals surface area contributed by atoms with Gasteiger partial charge in [0.1, 0.15) is 18.2 Å². The van der Waals surface area contributed by atoms with Crippen LogP contribution >= 0.6 is 23.4 Å². The first-order chi connectivity index (χ1) is 13.6. The molecule has 0 radical (unpaired) electrons. The van der Waals surface area contributed by atoms with E-state index in [1.807, 2.05) is 11.5 Å². The van der Waals surface area contributed by atoms with E-state index in [-0.39, 0.29) is 29.2 Å². The molecule has 10 heteroatoms. The topological polar surface area (TPSA) is 81.9 Å². The van der Waals surface area contributed by atoms with Crippen LogP contribution in [0.25, 0.3) is 0 Å². The molecule has 28 heavy (non-hydrogen) atoms. The summed E-state index contributed by atoms with van der Waals surface area (Å²) in [6.07, 6.45) is 1.55. The number of nitrogens with zero attached hydrogens (tertiary/aromatic N) is 4. The van der Waals surface area contributed by atoms with Crippen molar-refractivity contribution in [3.8, 4) is 5.75 Å². The van der Waals surface area contributed by atoms with E-state index < -0.39 is 0 Å². The summed E-state index contributed by atoms with van der Waals surface area (Å²) in [5.74, 6) is 0.740. The van der Waals surface area contributed by atoms with E-state index in [0.29, 0.717) is 29.0 Å². The Morgan fingerprint density at radius 1 is 1.29 bits per heavy atom. The monoisotopic (exact) mass is 421 g/mol. The van der Waals surface area contributed by atoms with Crippen LogP contribution in [0, 0.1) is 5.82 Å². The van der Waals surface area contributed by atoms with Crippen molar-refractivity contribution in [1.82, 2.24) is 19.7 Å². The van der Waals surface area contributed by atoms with Gasteiger partial charge in [0.05, 0.1) is 11.4 Å². The van der Waals surface area contributed by atoms with Gasteiger partial charge < -0.3 is 14.6 Å². The molecule has 0 saturated heterocycles. The van der Waals surface area contributed by atoms with Gasteiger partial charge in [0.2, 0.25) is 5.91 Å². The molecule has 1 N–H and O–H groups in total. The Hall–Kier alpha value is -2.65. The second-order valence-corrected chi connectivity index (χ2v) is 6.86. The fourth-order valence-corrected chi connectivity index (χ4v) is 3.31. The number of halogens is 2. The van der Waals surface area contributed by atoms with Crippen LogP contribution in [0.1, 0.15) is 12.7 Å². The molecule has 1 aromatic carbocycles. The Balaban J connectivity index is 1.58. The fourth-order valence-electron chi connectivity index (χ4n) is 2.32. The second-order valence-electron chi connectivity index (χ2n) is 5.56. The van der Waals surface area contributed by atoms with E-state index in [0.717, 1.165) is 0 Å². The van der Waals surface area contributed by atoms with Gasteiger partial charge in [-0.05, 0) is 43.3 Å². The lowest BCUT2D eigenvalue weighted by atomic mass is 10.3. The highest BCUT2D eigenvalue weighted by atomic mass is 35.5. The number of hydrogen-bond acceptors (Lipinski definition) is 6. The predicted molar refractivity (Wildman–Crippen MR) is 105 cm³/mol. The number of pyridine rings is 1. The number of carbonyl (C=O) groups excluding carboxylic acids is 1. The molecule has 0 fully saturated rings. The molecule has 2 heterocycles. The molecular formula is C18H17ClFN5O2S. The highest BCUT2D eigenvalue weighted by Crippen LogP contribution is 2.21. The third-order valence-electron chi connectivity index (χ3n) is 3.66. The SMILES string of the molecule is CCn1c(COc2ccc(F)cc2)nnc1SCC(=O)Nc1cccnc1Cl. The number of thioether (sulfide) groups is 1. The standard InChI is InChI=1S/C18H17ClFN5O2S/c1-2-25-15(10-27-13-7-5-12(20)6-8-13)23-24-18(25)28-11-16(26)22-14-4-3-9-21-17(14)19/h3-9H,2,10-11H2,1H3,(H,22,26). The molecule has 0 saturated carbocycles. The van der Waals surface area contributed by atoms with Gasteiger partial charge in [0, 0.05) is 12.7 Å². The van der Waals surface area contributed by atoms with Gasteiger partial charge in [0.15, 0.2) is 16.1 Å². The number of hydrogen-bond donors (Lipinski definition) is 1. The van der Waals surface area contributed by atoms with Gasteiger partial charge in [0.25, 0.3) is 0 Å². The van der Waals surface area contributed by atoms with Crippen LogP contribution in [-0.2, 0) is 17.9 Å². The first-order valence-electron chi connectivity index (χ1n) is 8.40. The van der Waals surface area contributed by atoms with Crippen LogP contribution in [-0.4, -0.2) is 31.4 Å².